The number of allylic oxidation sites excluding steroid dienone is 2. The molecule has 0 bridgehead atoms. The summed E-state index contributed by atoms with van der Waals surface area (Å²) in [6.07, 6.45) is 6.64. The van der Waals surface area contributed by atoms with E-state index < -0.39 is 0 Å². The van der Waals surface area contributed by atoms with Crippen molar-refractivity contribution in [3.8, 4) is 0 Å². The van der Waals surface area contributed by atoms with Crippen molar-refractivity contribution < 1.29 is 0 Å². The molecule has 0 nitrogen and oxygen atoms in total. The minimum absolute atomic E-state index is 1.06. The second kappa shape index (κ2) is 4.76. The maximum atomic E-state index is 2.24. The molecule has 0 spiro atoms. The van der Waals surface area contributed by atoms with Gasteiger partial charge >= 0.3 is 0 Å². The number of aryl methyl sites for hydroxylation is 1. The van der Waals surface area contributed by atoms with Crippen molar-refractivity contribution in [2.75, 3.05) is 0 Å². The fourth-order valence-corrected chi connectivity index (χ4v) is 1.23. The molecule has 0 aliphatic carbocycles. The Bertz CT molecular complexity index is 258. The molecular weight excluding hydrogens is 144 g/mol. The van der Waals surface area contributed by atoms with Gasteiger partial charge in [0.2, 0.25) is 0 Å². The Balaban J connectivity index is 2.57. The van der Waals surface area contributed by atoms with E-state index in [1.807, 2.05) is 0 Å². The van der Waals surface area contributed by atoms with Crippen LogP contribution in [-0.2, 0) is 6.42 Å². The van der Waals surface area contributed by atoms with Gasteiger partial charge in [0, 0.05) is 0 Å². The Morgan fingerprint density at radius 2 is 2.08 bits per heavy atom. The summed E-state index contributed by atoms with van der Waals surface area (Å²) in [4.78, 5) is 0. The maximum Gasteiger partial charge on any atom is -0.00974 e. The molecule has 0 aromatic heterocycles. The molecule has 0 amide bonds. The molecule has 1 rings (SSSR count). The average molecular weight is 160 g/mol. The van der Waals surface area contributed by atoms with E-state index in [1.54, 1.807) is 0 Å². The maximum absolute atomic E-state index is 2.24. The first-order valence-electron chi connectivity index (χ1n) is 4.53. The summed E-state index contributed by atoms with van der Waals surface area (Å²) in [6.45, 7) is 4.29. The fourth-order valence-electron chi connectivity index (χ4n) is 1.23. The second-order valence-electron chi connectivity index (χ2n) is 3.07. The highest BCUT2D eigenvalue weighted by molar-refractivity contribution is 5.23. The molecule has 12 heavy (non-hydrogen) atoms. The summed E-state index contributed by atoms with van der Waals surface area (Å²) >= 11 is 0. The smallest absolute Gasteiger partial charge is 0.00974 e. The Kier molecular flexibility index (Phi) is 3.59. The third-order valence-electron chi connectivity index (χ3n) is 1.84. The van der Waals surface area contributed by atoms with Crippen LogP contribution in [0.3, 0.4) is 0 Å². The largest absolute Gasteiger partial charge is 0.0885 e. The highest BCUT2D eigenvalue weighted by Gasteiger charge is 1.88. The van der Waals surface area contributed by atoms with Gasteiger partial charge in [0.15, 0.2) is 0 Å². The van der Waals surface area contributed by atoms with Crippen LogP contribution in [0.25, 0.3) is 0 Å². The van der Waals surface area contributed by atoms with Crippen LogP contribution >= 0.6 is 0 Å². The molecule has 0 saturated carbocycles. The predicted molar refractivity (Wildman–Crippen MR) is 54.3 cm³/mol. The third kappa shape index (κ3) is 2.91. The van der Waals surface area contributed by atoms with Crippen LogP contribution < -0.4 is 0 Å². The second-order valence-corrected chi connectivity index (χ2v) is 3.07. The molecule has 0 atom stereocenters. The van der Waals surface area contributed by atoms with E-state index in [-0.39, 0.29) is 0 Å². The summed E-state index contributed by atoms with van der Waals surface area (Å²) in [5.74, 6) is 0. The Hall–Kier alpha value is -1.04. The molecule has 1 aromatic rings. The van der Waals surface area contributed by atoms with Crippen molar-refractivity contribution in [2.24, 2.45) is 0 Å². The zero-order valence-corrected chi connectivity index (χ0v) is 7.88. The van der Waals surface area contributed by atoms with Crippen LogP contribution in [0.5, 0.6) is 0 Å². The zero-order chi connectivity index (χ0) is 8.81. The average Bonchev–Trinajstić information content (AvgIpc) is 2.05. The van der Waals surface area contributed by atoms with Gasteiger partial charge in [0.05, 0.1) is 0 Å². The number of hydrogen-bond acceptors (Lipinski definition) is 0. The first kappa shape index (κ1) is 9.05. The molecule has 64 valence electrons. The van der Waals surface area contributed by atoms with Crippen LogP contribution in [0, 0.1) is 6.92 Å². The van der Waals surface area contributed by atoms with Crippen molar-refractivity contribution >= 4 is 0 Å². The SMILES string of the molecule is CCC=CCc1cccc(C)c1. The molecule has 1 aromatic carbocycles. The number of rotatable bonds is 3. The van der Waals surface area contributed by atoms with Crippen LogP contribution in [0.15, 0.2) is 36.4 Å². The highest BCUT2D eigenvalue weighted by atomic mass is 13.9. The predicted octanol–water partition coefficient (Wildman–Crippen LogP) is 3.50. The lowest BCUT2D eigenvalue weighted by molar-refractivity contribution is 1.17. The van der Waals surface area contributed by atoms with Crippen molar-refractivity contribution in [3.63, 3.8) is 0 Å². The van der Waals surface area contributed by atoms with Crippen LogP contribution in [0.1, 0.15) is 24.5 Å². The van der Waals surface area contributed by atoms with Gasteiger partial charge in [-0.05, 0) is 25.3 Å². The Morgan fingerprint density at radius 1 is 1.25 bits per heavy atom. The van der Waals surface area contributed by atoms with E-state index in [1.165, 1.54) is 11.1 Å². The topological polar surface area (TPSA) is 0 Å². The summed E-state index contributed by atoms with van der Waals surface area (Å²) in [5.41, 5.74) is 2.75. The Morgan fingerprint density at radius 3 is 2.75 bits per heavy atom. The van der Waals surface area contributed by atoms with Gasteiger partial charge in [0.1, 0.15) is 0 Å². The van der Waals surface area contributed by atoms with Gasteiger partial charge in [-0.15, -0.1) is 0 Å². The lowest BCUT2D eigenvalue weighted by Gasteiger charge is -1.97. The van der Waals surface area contributed by atoms with E-state index in [0.717, 1.165) is 12.8 Å². The van der Waals surface area contributed by atoms with E-state index in [2.05, 4.69) is 50.3 Å². The van der Waals surface area contributed by atoms with Gasteiger partial charge in [0.25, 0.3) is 0 Å². The molecule has 0 heterocycles. The molecule has 0 aliphatic rings. The van der Waals surface area contributed by atoms with Crippen molar-refractivity contribution in [3.05, 3.63) is 47.5 Å². The van der Waals surface area contributed by atoms with Crippen molar-refractivity contribution in [1.82, 2.24) is 0 Å². The van der Waals surface area contributed by atoms with E-state index >= 15 is 0 Å². The first-order chi connectivity index (χ1) is 5.83. The summed E-state index contributed by atoms with van der Waals surface area (Å²) < 4.78 is 0. The van der Waals surface area contributed by atoms with E-state index in [9.17, 15) is 0 Å². The molecular formula is C12H16. The molecule has 0 radical (unpaired) electrons. The van der Waals surface area contributed by atoms with Crippen LogP contribution in [0.4, 0.5) is 0 Å². The standard InChI is InChI=1S/C12H16/c1-3-4-5-8-12-9-6-7-11(2)10-12/h4-7,9-10H,3,8H2,1-2H3. The minimum atomic E-state index is 1.06. The molecule has 0 heteroatoms. The van der Waals surface area contributed by atoms with E-state index in [4.69, 9.17) is 0 Å². The van der Waals surface area contributed by atoms with Crippen LogP contribution in [0.2, 0.25) is 0 Å². The highest BCUT2D eigenvalue weighted by Crippen LogP contribution is 2.05. The lowest BCUT2D eigenvalue weighted by atomic mass is 10.1. The number of benzene rings is 1. The van der Waals surface area contributed by atoms with Crippen molar-refractivity contribution in [1.29, 1.82) is 0 Å². The van der Waals surface area contributed by atoms with Gasteiger partial charge < -0.3 is 0 Å². The quantitative estimate of drug-likeness (QED) is 0.594. The summed E-state index contributed by atoms with van der Waals surface area (Å²) in [7, 11) is 0. The van der Waals surface area contributed by atoms with Gasteiger partial charge in [-0.2, -0.15) is 0 Å². The normalized spacial score (nSPS) is 10.8. The zero-order valence-electron chi connectivity index (χ0n) is 7.88. The molecule has 0 unspecified atom stereocenters. The molecule has 0 fully saturated rings. The van der Waals surface area contributed by atoms with Gasteiger partial charge in [-0.3, -0.25) is 0 Å². The first-order valence-corrected chi connectivity index (χ1v) is 4.53. The molecule has 0 saturated heterocycles. The third-order valence-corrected chi connectivity index (χ3v) is 1.84. The number of hydrogen-bond donors (Lipinski definition) is 0. The van der Waals surface area contributed by atoms with E-state index in [0.29, 0.717) is 0 Å². The lowest BCUT2D eigenvalue weighted by Crippen LogP contribution is -1.81. The summed E-state index contributed by atoms with van der Waals surface area (Å²) in [5, 5.41) is 0. The summed E-state index contributed by atoms with van der Waals surface area (Å²) in [6, 6.07) is 8.66. The van der Waals surface area contributed by atoms with Crippen molar-refractivity contribution in [2.45, 2.75) is 26.7 Å². The van der Waals surface area contributed by atoms with Gasteiger partial charge in [-0.25, -0.2) is 0 Å². The van der Waals surface area contributed by atoms with Crippen LogP contribution in [-0.4, -0.2) is 0 Å². The molecule has 0 aliphatic heterocycles. The monoisotopic (exact) mass is 160 g/mol. The molecule has 0 N–H and O–H groups in total. The van der Waals surface area contributed by atoms with Gasteiger partial charge in [-0.1, -0.05) is 48.9 Å². The Labute approximate surface area is 74.9 Å². The minimum Gasteiger partial charge on any atom is -0.0885 e. The fraction of sp³-hybridized carbons (Fsp3) is 0.333.